The molecule has 1 aliphatic heterocycles. The average Bonchev–Trinajstić information content (AvgIpc) is 2.95. The summed E-state index contributed by atoms with van der Waals surface area (Å²) in [6, 6.07) is 13.1. The average molecular weight is 447 g/mol. The molecule has 6 nitrogen and oxygen atoms in total. The lowest BCUT2D eigenvalue weighted by atomic mass is 10.1. The van der Waals surface area contributed by atoms with Gasteiger partial charge < -0.3 is 4.90 Å². The van der Waals surface area contributed by atoms with E-state index in [0.29, 0.717) is 11.4 Å². The third kappa shape index (κ3) is 3.17. The van der Waals surface area contributed by atoms with E-state index in [4.69, 9.17) is 0 Å². The summed E-state index contributed by atoms with van der Waals surface area (Å²) in [6.45, 7) is 4.78. The van der Waals surface area contributed by atoms with Crippen LogP contribution in [-0.4, -0.2) is 36.0 Å². The lowest BCUT2D eigenvalue weighted by molar-refractivity contribution is 0.602. The van der Waals surface area contributed by atoms with Crippen molar-refractivity contribution in [3.8, 4) is 5.69 Å². The largest absolute Gasteiger partial charge is 0.339 e. The first kappa shape index (κ1) is 18.2. The molecule has 4 rings (SSSR count). The minimum Gasteiger partial charge on any atom is -0.339 e. The highest BCUT2D eigenvalue weighted by molar-refractivity contribution is 9.10. The number of fused-ring (bicyclic) bond motifs is 3. The molecule has 0 fully saturated rings. The van der Waals surface area contributed by atoms with Crippen molar-refractivity contribution in [3.63, 3.8) is 0 Å². The second-order valence-electron chi connectivity index (χ2n) is 6.85. The van der Waals surface area contributed by atoms with Crippen molar-refractivity contribution in [1.29, 1.82) is 0 Å². The van der Waals surface area contributed by atoms with Crippen LogP contribution in [0.2, 0.25) is 0 Å². The van der Waals surface area contributed by atoms with E-state index < -0.39 is 9.84 Å². The Morgan fingerprint density at radius 3 is 2.44 bits per heavy atom. The monoisotopic (exact) mass is 446 g/mol. The molecule has 0 aliphatic carbocycles. The topological polar surface area (TPSA) is 68.1 Å². The van der Waals surface area contributed by atoms with E-state index in [2.05, 4.69) is 54.7 Å². The number of aryl methyl sites for hydroxylation is 1. The fourth-order valence-electron chi connectivity index (χ4n) is 3.47. The highest BCUT2D eigenvalue weighted by Crippen LogP contribution is 2.39. The predicted octanol–water partition coefficient (Wildman–Crippen LogP) is 4.00. The summed E-state index contributed by atoms with van der Waals surface area (Å²) in [5.41, 5.74) is 2.96. The van der Waals surface area contributed by atoms with Gasteiger partial charge in [0.2, 0.25) is 0 Å². The van der Waals surface area contributed by atoms with Crippen molar-refractivity contribution in [2.24, 2.45) is 0 Å². The number of hydrogen-bond donors (Lipinski definition) is 0. The highest BCUT2D eigenvalue weighted by Gasteiger charge is 2.28. The van der Waals surface area contributed by atoms with Crippen molar-refractivity contribution in [2.45, 2.75) is 24.7 Å². The van der Waals surface area contributed by atoms with E-state index in [-0.39, 0.29) is 5.92 Å². The molecule has 8 heteroatoms. The summed E-state index contributed by atoms with van der Waals surface area (Å²) in [6.07, 6.45) is 1.22. The van der Waals surface area contributed by atoms with Crippen LogP contribution < -0.4 is 4.90 Å². The number of anilines is 2. The van der Waals surface area contributed by atoms with Gasteiger partial charge >= 0.3 is 0 Å². The van der Waals surface area contributed by atoms with Crippen molar-refractivity contribution < 1.29 is 8.42 Å². The maximum Gasteiger partial charge on any atom is 0.175 e. The van der Waals surface area contributed by atoms with Crippen LogP contribution in [0.5, 0.6) is 0 Å². The van der Waals surface area contributed by atoms with Gasteiger partial charge in [0, 0.05) is 28.9 Å². The zero-order valence-electron chi connectivity index (χ0n) is 15.2. The summed E-state index contributed by atoms with van der Waals surface area (Å²) in [4.78, 5) is 2.52. The zero-order valence-corrected chi connectivity index (χ0v) is 17.6. The molecule has 0 bridgehead atoms. The molecule has 0 radical (unpaired) electrons. The summed E-state index contributed by atoms with van der Waals surface area (Å²) in [5, 5.41) is 8.65. The molecule has 3 aromatic rings. The zero-order chi connectivity index (χ0) is 19.3. The SMILES string of the molecule is Cc1nnc2n1-c1ccc(Br)cc1N(c1ccc(S(C)(=O)=O)cc1)CC2C. The van der Waals surface area contributed by atoms with Gasteiger partial charge in [-0.15, -0.1) is 10.2 Å². The fourth-order valence-corrected chi connectivity index (χ4v) is 4.45. The maximum absolute atomic E-state index is 11.8. The quantitative estimate of drug-likeness (QED) is 0.594. The van der Waals surface area contributed by atoms with Gasteiger partial charge in [0.15, 0.2) is 9.84 Å². The molecular formula is C19H19BrN4O2S. The van der Waals surface area contributed by atoms with Crippen LogP contribution in [0, 0.1) is 6.92 Å². The Hall–Kier alpha value is -2.19. The number of halogens is 1. The molecule has 0 saturated carbocycles. The lowest BCUT2D eigenvalue weighted by Crippen LogP contribution is -2.22. The van der Waals surface area contributed by atoms with Crippen LogP contribution >= 0.6 is 15.9 Å². The van der Waals surface area contributed by atoms with Crippen molar-refractivity contribution in [1.82, 2.24) is 14.8 Å². The van der Waals surface area contributed by atoms with Gasteiger partial charge in [-0.1, -0.05) is 22.9 Å². The lowest BCUT2D eigenvalue weighted by Gasteiger charge is -2.27. The van der Waals surface area contributed by atoms with Crippen molar-refractivity contribution in [3.05, 3.63) is 58.6 Å². The molecule has 1 unspecified atom stereocenters. The number of aromatic nitrogens is 3. The van der Waals surface area contributed by atoms with Gasteiger partial charge in [-0.2, -0.15) is 0 Å². The number of sulfone groups is 1. The molecule has 0 N–H and O–H groups in total. The Balaban J connectivity index is 1.90. The molecule has 0 amide bonds. The fraction of sp³-hybridized carbons (Fsp3) is 0.263. The Bertz CT molecular complexity index is 1120. The number of benzene rings is 2. The second kappa shape index (κ2) is 6.45. The molecule has 2 aromatic carbocycles. The Morgan fingerprint density at radius 2 is 1.78 bits per heavy atom. The second-order valence-corrected chi connectivity index (χ2v) is 9.78. The predicted molar refractivity (Wildman–Crippen MR) is 109 cm³/mol. The van der Waals surface area contributed by atoms with E-state index in [1.807, 2.05) is 25.1 Å². The van der Waals surface area contributed by atoms with Gasteiger partial charge in [0.25, 0.3) is 0 Å². The summed E-state index contributed by atoms with van der Waals surface area (Å²) < 4.78 is 26.6. The van der Waals surface area contributed by atoms with Gasteiger partial charge in [-0.3, -0.25) is 4.57 Å². The number of nitrogens with zero attached hydrogens (tertiary/aromatic N) is 4. The van der Waals surface area contributed by atoms with E-state index in [1.165, 1.54) is 6.26 Å². The van der Waals surface area contributed by atoms with Gasteiger partial charge in [0.05, 0.1) is 16.3 Å². The van der Waals surface area contributed by atoms with Crippen LogP contribution in [0.4, 0.5) is 11.4 Å². The maximum atomic E-state index is 11.8. The number of rotatable bonds is 2. The van der Waals surface area contributed by atoms with Crippen LogP contribution in [0.15, 0.2) is 51.8 Å². The molecule has 140 valence electrons. The molecule has 27 heavy (non-hydrogen) atoms. The van der Waals surface area contributed by atoms with Gasteiger partial charge in [-0.25, -0.2) is 8.42 Å². The van der Waals surface area contributed by atoms with Crippen LogP contribution in [0.1, 0.15) is 24.5 Å². The summed E-state index contributed by atoms with van der Waals surface area (Å²) >= 11 is 3.57. The third-order valence-corrected chi connectivity index (χ3v) is 6.41. The van der Waals surface area contributed by atoms with E-state index in [0.717, 1.165) is 33.2 Å². The van der Waals surface area contributed by atoms with E-state index >= 15 is 0 Å². The van der Waals surface area contributed by atoms with Crippen molar-refractivity contribution in [2.75, 3.05) is 17.7 Å². The van der Waals surface area contributed by atoms with E-state index in [1.54, 1.807) is 12.1 Å². The minimum atomic E-state index is -3.22. The number of hydrogen-bond acceptors (Lipinski definition) is 5. The molecule has 1 aromatic heterocycles. The first-order valence-corrected chi connectivity index (χ1v) is 11.2. The van der Waals surface area contributed by atoms with E-state index in [9.17, 15) is 8.42 Å². The minimum absolute atomic E-state index is 0.145. The third-order valence-electron chi connectivity index (χ3n) is 4.79. The first-order valence-electron chi connectivity index (χ1n) is 8.55. The van der Waals surface area contributed by atoms with Gasteiger partial charge in [-0.05, 0) is 49.4 Å². The normalized spacial score (nSPS) is 16.6. The summed E-state index contributed by atoms with van der Waals surface area (Å²) in [5.74, 6) is 1.91. The standard InChI is InChI=1S/C19H19BrN4O2S/c1-12-11-23(15-5-7-16(8-6-15)27(3,25)26)18-10-14(20)4-9-17(18)24-13(2)21-22-19(12)24/h4-10,12H,11H2,1-3H3. The van der Waals surface area contributed by atoms with Crippen molar-refractivity contribution >= 4 is 37.1 Å². The first-order chi connectivity index (χ1) is 12.8. The van der Waals surface area contributed by atoms with Crippen LogP contribution in [-0.2, 0) is 9.84 Å². The Morgan fingerprint density at radius 1 is 1.07 bits per heavy atom. The molecule has 1 atom stereocenters. The Kier molecular flexibility index (Phi) is 4.35. The molecule has 0 saturated heterocycles. The van der Waals surface area contributed by atoms with Crippen LogP contribution in [0.25, 0.3) is 5.69 Å². The molecular weight excluding hydrogens is 428 g/mol. The van der Waals surface area contributed by atoms with Gasteiger partial charge in [0.1, 0.15) is 11.6 Å². The molecule has 2 heterocycles. The Labute approximate surface area is 166 Å². The van der Waals surface area contributed by atoms with Crippen LogP contribution in [0.3, 0.4) is 0 Å². The molecule has 0 spiro atoms. The highest BCUT2D eigenvalue weighted by atomic mass is 79.9. The smallest absolute Gasteiger partial charge is 0.175 e. The summed E-state index contributed by atoms with van der Waals surface area (Å²) in [7, 11) is -3.22. The molecule has 1 aliphatic rings.